The van der Waals surface area contributed by atoms with Gasteiger partial charge in [-0.2, -0.15) is 0 Å². The summed E-state index contributed by atoms with van der Waals surface area (Å²) in [5, 5.41) is 6.34. The Hall–Kier alpha value is -2.01. The molecule has 2 amide bonds. The molecule has 0 saturated heterocycles. The van der Waals surface area contributed by atoms with Crippen LogP contribution in [0.2, 0.25) is 5.02 Å². The number of imidazole rings is 1. The van der Waals surface area contributed by atoms with Crippen LogP contribution < -0.4 is 10.6 Å². The van der Waals surface area contributed by atoms with E-state index in [-0.39, 0.29) is 6.03 Å². The largest absolute Gasteiger partial charge is 0.338 e. The quantitative estimate of drug-likeness (QED) is 0.884. The van der Waals surface area contributed by atoms with Gasteiger partial charge >= 0.3 is 6.03 Å². The molecule has 0 bridgehead atoms. The van der Waals surface area contributed by atoms with Crippen molar-refractivity contribution >= 4 is 17.6 Å². The number of amides is 2. The van der Waals surface area contributed by atoms with Gasteiger partial charge < -0.3 is 15.2 Å². The van der Waals surface area contributed by atoms with Crippen molar-refractivity contribution in [3.63, 3.8) is 0 Å². The molecule has 0 atom stereocenters. The maximum absolute atomic E-state index is 11.8. The predicted molar refractivity (Wildman–Crippen MR) is 90.6 cm³/mol. The van der Waals surface area contributed by atoms with Crippen LogP contribution in [-0.2, 0) is 25.9 Å². The second kappa shape index (κ2) is 7.51. The molecular weight excluding hydrogens is 312 g/mol. The number of fused-ring (bicyclic) bond motifs is 1. The third kappa shape index (κ3) is 4.26. The summed E-state index contributed by atoms with van der Waals surface area (Å²) >= 11 is 6.06. The number of halogens is 1. The zero-order chi connectivity index (χ0) is 16.1. The first-order valence-corrected chi connectivity index (χ1v) is 8.40. The van der Waals surface area contributed by atoms with Gasteiger partial charge in [0.25, 0.3) is 0 Å². The molecule has 2 aromatic rings. The third-order valence-corrected chi connectivity index (χ3v) is 4.39. The van der Waals surface area contributed by atoms with Gasteiger partial charge in [0, 0.05) is 43.7 Å². The summed E-state index contributed by atoms with van der Waals surface area (Å²) in [7, 11) is 0. The number of aromatic nitrogens is 2. The smallest absolute Gasteiger partial charge is 0.315 e. The van der Waals surface area contributed by atoms with E-state index in [1.807, 2.05) is 24.3 Å². The summed E-state index contributed by atoms with van der Waals surface area (Å²) in [4.78, 5) is 16.4. The first-order valence-electron chi connectivity index (χ1n) is 8.02. The van der Waals surface area contributed by atoms with Crippen LogP contribution in [0, 0.1) is 0 Å². The topological polar surface area (TPSA) is 59.0 Å². The van der Waals surface area contributed by atoms with Crippen LogP contribution in [0.15, 0.2) is 30.5 Å². The summed E-state index contributed by atoms with van der Waals surface area (Å²) in [5.74, 6) is 1.18. The van der Waals surface area contributed by atoms with E-state index >= 15 is 0 Å². The number of aryl methyl sites for hydroxylation is 2. The second-order valence-electron chi connectivity index (χ2n) is 5.75. The molecular formula is C17H21ClN4O. The molecule has 3 rings (SSSR count). The van der Waals surface area contributed by atoms with Gasteiger partial charge in [0.2, 0.25) is 0 Å². The van der Waals surface area contributed by atoms with E-state index in [1.54, 1.807) is 0 Å². The fourth-order valence-electron chi connectivity index (χ4n) is 2.78. The van der Waals surface area contributed by atoms with Gasteiger partial charge in [-0.3, -0.25) is 0 Å². The predicted octanol–water partition coefficient (Wildman–Crippen LogP) is 2.91. The zero-order valence-electron chi connectivity index (χ0n) is 13.0. The Kier molecular flexibility index (Phi) is 5.18. The highest BCUT2D eigenvalue weighted by atomic mass is 35.5. The number of benzene rings is 1. The van der Waals surface area contributed by atoms with Gasteiger partial charge in [-0.15, -0.1) is 0 Å². The normalized spacial score (nSPS) is 13.4. The fourth-order valence-corrected chi connectivity index (χ4v) is 2.98. The van der Waals surface area contributed by atoms with Gasteiger partial charge in [0.1, 0.15) is 5.82 Å². The summed E-state index contributed by atoms with van der Waals surface area (Å²) in [6.07, 6.45) is 6.37. The average molecular weight is 333 g/mol. The Morgan fingerprint density at radius 2 is 2.13 bits per heavy atom. The minimum atomic E-state index is -0.186. The van der Waals surface area contributed by atoms with Crippen LogP contribution in [0.1, 0.15) is 29.9 Å². The van der Waals surface area contributed by atoms with E-state index in [0.717, 1.165) is 30.6 Å². The Bertz CT molecular complexity index is 659. The molecule has 0 radical (unpaired) electrons. The summed E-state index contributed by atoms with van der Waals surface area (Å²) in [6.45, 7) is 2.06. The second-order valence-corrected chi connectivity index (χ2v) is 6.16. The van der Waals surface area contributed by atoms with Crippen molar-refractivity contribution < 1.29 is 4.79 Å². The van der Waals surface area contributed by atoms with Crippen molar-refractivity contribution in [1.82, 2.24) is 20.2 Å². The Balaban J connectivity index is 1.41. The molecule has 122 valence electrons. The number of hydrogen-bond donors (Lipinski definition) is 2. The molecule has 1 aliphatic rings. The molecule has 0 fully saturated rings. The van der Waals surface area contributed by atoms with E-state index in [9.17, 15) is 4.79 Å². The molecule has 0 unspecified atom stereocenters. The number of carbonyl (C=O) groups is 1. The molecule has 0 aliphatic carbocycles. The molecule has 2 heterocycles. The number of nitrogens with one attached hydrogen (secondary N) is 2. The summed E-state index contributed by atoms with van der Waals surface area (Å²) in [6, 6.07) is 7.31. The Morgan fingerprint density at radius 3 is 2.96 bits per heavy atom. The standard InChI is InChI=1S/C17H21ClN4O/c18-15-6-2-1-5-13(15)11-20-17(23)19-9-8-14-12-22-10-4-3-7-16(22)21-14/h1-2,5-6,12H,3-4,7-11H2,(H2,19,20,23). The lowest BCUT2D eigenvalue weighted by Gasteiger charge is -2.11. The van der Waals surface area contributed by atoms with E-state index in [4.69, 9.17) is 11.6 Å². The van der Waals surface area contributed by atoms with Crippen LogP contribution in [0.25, 0.3) is 0 Å². The minimum absolute atomic E-state index is 0.186. The van der Waals surface area contributed by atoms with Gasteiger partial charge in [-0.25, -0.2) is 9.78 Å². The maximum Gasteiger partial charge on any atom is 0.315 e. The van der Waals surface area contributed by atoms with Gasteiger partial charge in [-0.05, 0) is 24.5 Å². The molecule has 1 aromatic heterocycles. The minimum Gasteiger partial charge on any atom is -0.338 e. The van der Waals surface area contributed by atoms with Crippen molar-refractivity contribution in [2.75, 3.05) is 6.54 Å². The molecule has 1 aliphatic heterocycles. The first kappa shape index (κ1) is 15.9. The number of carbonyl (C=O) groups excluding carboxylic acids is 1. The Labute approximate surface area is 141 Å². The van der Waals surface area contributed by atoms with Crippen LogP contribution >= 0.6 is 11.6 Å². The molecule has 1 aromatic carbocycles. The van der Waals surface area contributed by atoms with Crippen LogP contribution in [0.4, 0.5) is 4.79 Å². The van der Waals surface area contributed by atoms with Crippen LogP contribution in [0.3, 0.4) is 0 Å². The summed E-state index contributed by atoms with van der Waals surface area (Å²) < 4.78 is 2.23. The van der Waals surface area contributed by atoms with Gasteiger partial charge in [0.15, 0.2) is 0 Å². The van der Waals surface area contributed by atoms with Crippen molar-refractivity contribution in [1.29, 1.82) is 0 Å². The highest BCUT2D eigenvalue weighted by Gasteiger charge is 2.12. The van der Waals surface area contributed by atoms with Crippen molar-refractivity contribution in [3.8, 4) is 0 Å². The van der Waals surface area contributed by atoms with Crippen molar-refractivity contribution in [2.45, 2.75) is 38.8 Å². The molecule has 0 saturated carbocycles. The summed E-state index contributed by atoms with van der Waals surface area (Å²) in [5.41, 5.74) is 1.96. The number of urea groups is 1. The van der Waals surface area contributed by atoms with Gasteiger partial charge in [-0.1, -0.05) is 29.8 Å². The SMILES string of the molecule is O=C(NCCc1cn2c(n1)CCCC2)NCc1ccccc1Cl. The van der Waals surface area contributed by atoms with Crippen molar-refractivity contribution in [2.24, 2.45) is 0 Å². The van der Waals surface area contributed by atoms with E-state index < -0.39 is 0 Å². The van der Waals surface area contributed by atoms with Crippen LogP contribution in [-0.4, -0.2) is 22.1 Å². The van der Waals surface area contributed by atoms with Crippen molar-refractivity contribution in [3.05, 3.63) is 52.6 Å². The van der Waals surface area contributed by atoms with Crippen LogP contribution in [0.5, 0.6) is 0 Å². The third-order valence-electron chi connectivity index (χ3n) is 4.02. The molecule has 5 nitrogen and oxygen atoms in total. The lowest BCUT2D eigenvalue weighted by atomic mass is 10.2. The highest BCUT2D eigenvalue weighted by molar-refractivity contribution is 6.31. The Morgan fingerprint density at radius 1 is 1.26 bits per heavy atom. The lowest BCUT2D eigenvalue weighted by molar-refractivity contribution is 0.240. The number of rotatable bonds is 5. The number of nitrogens with zero attached hydrogens (tertiary/aromatic N) is 2. The molecule has 23 heavy (non-hydrogen) atoms. The fraction of sp³-hybridized carbons (Fsp3) is 0.412. The monoisotopic (exact) mass is 332 g/mol. The maximum atomic E-state index is 11.8. The average Bonchev–Trinajstić information content (AvgIpc) is 2.97. The zero-order valence-corrected chi connectivity index (χ0v) is 13.8. The highest BCUT2D eigenvalue weighted by Crippen LogP contribution is 2.15. The number of hydrogen-bond acceptors (Lipinski definition) is 2. The molecule has 0 spiro atoms. The molecule has 6 heteroatoms. The molecule has 2 N–H and O–H groups in total. The lowest BCUT2D eigenvalue weighted by Crippen LogP contribution is -2.36. The van der Waals surface area contributed by atoms with Gasteiger partial charge in [0.05, 0.1) is 5.69 Å². The van der Waals surface area contributed by atoms with E-state index in [2.05, 4.69) is 26.4 Å². The van der Waals surface area contributed by atoms with E-state index in [1.165, 1.54) is 18.7 Å². The van der Waals surface area contributed by atoms with E-state index in [0.29, 0.717) is 18.1 Å². The first-order chi connectivity index (χ1) is 11.2.